The fraction of sp³-hybridized carbons (Fsp3) is 0.458. The van der Waals surface area contributed by atoms with Gasteiger partial charge >= 0.3 is 0 Å². The van der Waals surface area contributed by atoms with Crippen LogP contribution in [0.1, 0.15) is 29.8 Å². The maximum Gasteiger partial charge on any atom is 0.262 e. The van der Waals surface area contributed by atoms with E-state index >= 15 is 0 Å². The van der Waals surface area contributed by atoms with E-state index in [0.717, 1.165) is 29.9 Å². The second-order valence-electron chi connectivity index (χ2n) is 9.36. The average Bonchev–Trinajstić information content (AvgIpc) is 3.06. The molecule has 0 spiro atoms. The molecule has 3 unspecified atom stereocenters. The minimum Gasteiger partial charge on any atom is -0.269 e. The Labute approximate surface area is 195 Å². The van der Waals surface area contributed by atoms with Crippen LogP contribution in [0.15, 0.2) is 29.1 Å². The molecule has 9 heteroatoms. The lowest BCUT2D eigenvalue weighted by Crippen LogP contribution is -2.36. The smallest absolute Gasteiger partial charge is 0.262 e. The number of benzene rings is 1. The van der Waals surface area contributed by atoms with Crippen molar-refractivity contribution in [2.24, 2.45) is 17.8 Å². The summed E-state index contributed by atoms with van der Waals surface area (Å²) < 4.78 is 16.3. The van der Waals surface area contributed by atoms with Crippen LogP contribution in [0.2, 0.25) is 5.02 Å². The van der Waals surface area contributed by atoms with Crippen molar-refractivity contribution in [3.63, 3.8) is 0 Å². The number of hydrogen-bond acceptors (Lipinski definition) is 4. The molecule has 3 atom stereocenters. The van der Waals surface area contributed by atoms with Crippen molar-refractivity contribution in [3.05, 3.63) is 67.3 Å². The van der Waals surface area contributed by atoms with Crippen molar-refractivity contribution in [1.82, 2.24) is 19.4 Å². The van der Waals surface area contributed by atoms with Gasteiger partial charge in [-0.1, -0.05) is 11.6 Å². The number of aryl methyl sites for hydroxylation is 1. The second-order valence-corrected chi connectivity index (χ2v) is 9.79. The zero-order valence-electron chi connectivity index (χ0n) is 18.9. The average molecular weight is 471 g/mol. The first-order valence-electron chi connectivity index (χ1n) is 11.2. The molecule has 0 bridgehead atoms. The molecule has 1 saturated heterocycles. The van der Waals surface area contributed by atoms with E-state index in [1.807, 2.05) is 13.1 Å². The monoisotopic (exact) mass is 470 g/mol. The van der Waals surface area contributed by atoms with Crippen LogP contribution in [0.3, 0.4) is 0 Å². The van der Waals surface area contributed by atoms with Gasteiger partial charge in [0.05, 0.1) is 30.0 Å². The first-order valence-corrected chi connectivity index (χ1v) is 11.6. The summed E-state index contributed by atoms with van der Waals surface area (Å²) in [5.74, 6) is 0.885. The molecule has 0 N–H and O–H groups in total. The van der Waals surface area contributed by atoms with Gasteiger partial charge in [0.1, 0.15) is 16.3 Å². The van der Waals surface area contributed by atoms with Gasteiger partial charge in [-0.25, -0.2) is 18.8 Å². The van der Waals surface area contributed by atoms with Crippen molar-refractivity contribution in [3.8, 4) is 11.4 Å². The summed E-state index contributed by atoms with van der Waals surface area (Å²) in [5, 5.41) is 2.01. The van der Waals surface area contributed by atoms with Gasteiger partial charge in [0, 0.05) is 28.0 Å². The summed E-state index contributed by atoms with van der Waals surface area (Å²) in [4.78, 5) is 35.5. The lowest BCUT2D eigenvalue weighted by molar-refractivity contribution is -0.680. The third kappa shape index (κ3) is 3.80. The Bertz CT molecular complexity index is 1340. The summed E-state index contributed by atoms with van der Waals surface area (Å²) in [5.41, 5.74) is 2.33. The van der Waals surface area contributed by atoms with E-state index in [-0.39, 0.29) is 22.0 Å². The van der Waals surface area contributed by atoms with Gasteiger partial charge in [-0.2, -0.15) is 0 Å². The van der Waals surface area contributed by atoms with Crippen LogP contribution in [-0.4, -0.2) is 44.4 Å². The molecule has 5 rings (SSSR count). The summed E-state index contributed by atoms with van der Waals surface area (Å²) in [6, 6.07) is 6.20. The molecule has 3 aromatic rings. The highest BCUT2D eigenvalue weighted by atomic mass is 35.5. The van der Waals surface area contributed by atoms with Gasteiger partial charge in [0.25, 0.3) is 5.56 Å². The van der Waals surface area contributed by atoms with Crippen molar-refractivity contribution >= 4 is 17.2 Å². The van der Waals surface area contributed by atoms with E-state index in [4.69, 9.17) is 16.6 Å². The normalized spacial score (nSPS) is 22.8. The van der Waals surface area contributed by atoms with Gasteiger partial charge < -0.3 is 0 Å². The number of nitroso groups, excluding NO2 is 1. The maximum absolute atomic E-state index is 14.9. The Morgan fingerprint density at radius 1 is 1.21 bits per heavy atom. The van der Waals surface area contributed by atoms with Crippen LogP contribution in [0.4, 0.5) is 4.39 Å². The highest BCUT2D eigenvalue weighted by molar-refractivity contribution is 6.30. The number of hydrogen-bond donors (Lipinski definition) is 0. The van der Waals surface area contributed by atoms with Crippen LogP contribution >= 0.6 is 11.6 Å². The minimum atomic E-state index is -0.537. The number of rotatable bonds is 4. The molecule has 0 amide bonds. The number of aromatic nitrogens is 3. The predicted octanol–water partition coefficient (Wildman–Crippen LogP) is 3.99. The molecule has 33 heavy (non-hydrogen) atoms. The third-order valence-electron chi connectivity index (χ3n) is 7.33. The van der Waals surface area contributed by atoms with Crippen LogP contribution in [0.25, 0.3) is 17.0 Å². The molecule has 2 aromatic heterocycles. The lowest BCUT2D eigenvalue weighted by atomic mass is 9.65. The Morgan fingerprint density at radius 2 is 2.00 bits per heavy atom. The SMILES string of the molecule is Cc1nc2cc(CC3CCC3C3CN(C)[N+](=O)C3)nc(-c3ccc(Cl)cc3F)n2c(=O)c1C. The number of fused-ring (bicyclic) bond motifs is 1. The molecular weight excluding hydrogens is 445 g/mol. The Balaban J connectivity index is 1.57. The molecule has 2 aliphatic rings. The van der Waals surface area contributed by atoms with Gasteiger partial charge in [0.15, 0.2) is 5.82 Å². The summed E-state index contributed by atoms with van der Waals surface area (Å²) in [7, 11) is 1.83. The maximum atomic E-state index is 14.9. The standard InChI is InChI=1S/C24H26ClFN5O2/c1-13-14(2)27-22-10-18(8-15-4-6-19(15)16-11-29(3)30(33)12-16)28-23(31(22)24(13)32)20-7-5-17(25)9-21(20)26/h5,7,9-10,15-16,19H,4,6,8,11-12H2,1-3H3/q+1. The van der Waals surface area contributed by atoms with Crippen LogP contribution in [0.5, 0.6) is 0 Å². The predicted molar refractivity (Wildman–Crippen MR) is 124 cm³/mol. The Kier molecular flexibility index (Phi) is 5.43. The zero-order chi connectivity index (χ0) is 23.4. The van der Waals surface area contributed by atoms with E-state index in [9.17, 15) is 14.1 Å². The van der Waals surface area contributed by atoms with E-state index in [2.05, 4.69) is 4.98 Å². The lowest BCUT2D eigenvalue weighted by Gasteiger charge is -2.39. The molecule has 1 aliphatic carbocycles. The first kappa shape index (κ1) is 21.9. The largest absolute Gasteiger partial charge is 0.269 e. The molecule has 1 aliphatic heterocycles. The van der Waals surface area contributed by atoms with Gasteiger partial charge in [0.2, 0.25) is 6.54 Å². The molecule has 2 fully saturated rings. The van der Waals surface area contributed by atoms with Crippen LogP contribution in [0, 0.1) is 42.3 Å². The van der Waals surface area contributed by atoms with E-state index in [0.29, 0.717) is 47.6 Å². The highest BCUT2D eigenvalue weighted by Crippen LogP contribution is 2.43. The summed E-state index contributed by atoms with van der Waals surface area (Å²) in [6.07, 6.45) is 2.86. The fourth-order valence-corrected chi connectivity index (χ4v) is 5.35. The molecule has 1 aromatic carbocycles. The molecule has 172 valence electrons. The van der Waals surface area contributed by atoms with Crippen molar-refractivity contribution in [2.45, 2.75) is 33.1 Å². The fourth-order valence-electron chi connectivity index (χ4n) is 5.19. The van der Waals surface area contributed by atoms with Crippen molar-refractivity contribution in [1.29, 1.82) is 0 Å². The zero-order valence-corrected chi connectivity index (χ0v) is 19.6. The number of halogens is 2. The molecule has 1 saturated carbocycles. The minimum absolute atomic E-state index is 0.211. The molecule has 3 heterocycles. The van der Waals surface area contributed by atoms with Crippen LogP contribution in [-0.2, 0) is 6.42 Å². The van der Waals surface area contributed by atoms with Crippen LogP contribution < -0.4 is 5.56 Å². The van der Waals surface area contributed by atoms with Crippen molar-refractivity contribution < 1.29 is 9.26 Å². The highest BCUT2D eigenvalue weighted by Gasteiger charge is 2.46. The van der Waals surface area contributed by atoms with E-state index in [1.165, 1.54) is 10.5 Å². The Morgan fingerprint density at radius 3 is 2.64 bits per heavy atom. The van der Waals surface area contributed by atoms with E-state index in [1.54, 1.807) is 31.0 Å². The van der Waals surface area contributed by atoms with Gasteiger partial charge in [-0.05, 0) is 63.1 Å². The van der Waals surface area contributed by atoms with Gasteiger partial charge in [-0.3, -0.25) is 4.79 Å². The van der Waals surface area contributed by atoms with Crippen molar-refractivity contribution in [2.75, 3.05) is 20.1 Å². The molecule has 7 nitrogen and oxygen atoms in total. The summed E-state index contributed by atoms with van der Waals surface area (Å²) in [6.45, 7) is 4.81. The molecular formula is C24H26ClFN5O2+. The van der Waals surface area contributed by atoms with Gasteiger partial charge in [-0.15, -0.1) is 5.01 Å². The summed E-state index contributed by atoms with van der Waals surface area (Å²) >= 11 is 5.95. The Hall–Kier alpha value is -2.87. The topological polar surface area (TPSA) is 70.6 Å². The second kappa shape index (κ2) is 8.17. The first-order chi connectivity index (χ1) is 15.7. The molecule has 0 radical (unpaired) electrons. The quantitative estimate of drug-likeness (QED) is 0.539. The number of nitrogens with zero attached hydrogens (tertiary/aromatic N) is 5. The van der Waals surface area contributed by atoms with E-state index < -0.39 is 5.82 Å². The number of hydrazine groups is 1. The third-order valence-corrected chi connectivity index (χ3v) is 7.57.